The predicted octanol–water partition coefficient (Wildman–Crippen LogP) is 3.93. The minimum atomic E-state index is -1.21. The molecule has 0 atom stereocenters. The summed E-state index contributed by atoms with van der Waals surface area (Å²) >= 11 is 1.48. The molecule has 1 aromatic heterocycles. The van der Waals surface area contributed by atoms with Crippen LogP contribution in [-0.4, -0.2) is 32.9 Å². The molecule has 0 aromatic carbocycles. The van der Waals surface area contributed by atoms with Gasteiger partial charge in [-0.3, -0.25) is 0 Å². The highest BCUT2D eigenvalue weighted by Gasteiger charge is 2.13. The molecule has 1 heterocycles. The van der Waals surface area contributed by atoms with E-state index in [4.69, 9.17) is 10.2 Å². The monoisotopic (exact) mass is 311 g/mol. The van der Waals surface area contributed by atoms with Crippen molar-refractivity contribution in [1.29, 1.82) is 0 Å². The normalized spacial score (nSPS) is 10.5. The molecule has 116 valence electrons. The van der Waals surface area contributed by atoms with Crippen LogP contribution in [0.15, 0.2) is 17.0 Å². The number of carboxylic acid groups (broad SMARTS) is 2. The first-order valence-electron chi connectivity index (χ1n) is 7.16. The zero-order valence-electron chi connectivity index (χ0n) is 12.2. The van der Waals surface area contributed by atoms with Crippen molar-refractivity contribution >= 4 is 23.7 Å². The summed E-state index contributed by atoms with van der Waals surface area (Å²) in [5.41, 5.74) is -0.444. The second-order valence-corrected chi connectivity index (χ2v) is 5.97. The summed E-state index contributed by atoms with van der Waals surface area (Å²) in [4.78, 5) is 26.1. The van der Waals surface area contributed by atoms with Gasteiger partial charge in [-0.2, -0.15) is 0 Å². The molecule has 2 N–H and O–H groups in total. The van der Waals surface area contributed by atoms with Crippen molar-refractivity contribution in [2.45, 2.75) is 50.3 Å². The van der Waals surface area contributed by atoms with E-state index in [1.807, 2.05) is 0 Å². The number of carboxylic acids is 2. The Morgan fingerprint density at radius 2 is 1.52 bits per heavy atom. The number of unbranched alkanes of at least 4 members (excludes halogenated alkanes) is 5. The van der Waals surface area contributed by atoms with Crippen molar-refractivity contribution in [2.75, 3.05) is 5.75 Å². The molecule has 0 amide bonds. The Hall–Kier alpha value is -1.56. The number of aromatic nitrogens is 1. The quantitative estimate of drug-likeness (QED) is 0.503. The SMILES string of the molecule is CCCCCCCCSc1cc(C(=O)O)nc(C(=O)O)c1. The van der Waals surface area contributed by atoms with Gasteiger partial charge >= 0.3 is 11.9 Å². The van der Waals surface area contributed by atoms with E-state index in [1.54, 1.807) is 0 Å². The number of hydrogen-bond donors (Lipinski definition) is 2. The third-order valence-electron chi connectivity index (χ3n) is 3.00. The third kappa shape index (κ3) is 6.62. The second kappa shape index (κ2) is 9.39. The fourth-order valence-corrected chi connectivity index (χ4v) is 2.85. The lowest BCUT2D eigenvalue weighted by atomic mass is 10.1. The lowest BCUT2D eigenvalue weighted by molar-refractivity contribution is 0.0684. The van der Waals surface area contributed by atoms with Gasteiger partial charge in [0.15, 0.2) is 0 Å². The standard InChI is InChI=1S/C15H21NO4S/c1-2-3-4-5-6-7-8-21-11-9-12(14(17)18)16-13(10-11)15(19)20/h9-10H,2-8H2,1H3,(H,17,18)(H,19,20). The fraction of sp³-hybridized carbons (Fsp3) is 0.533. The number of thioether (sulfide) groups is 1. The summed E-state index contributed by atoms with van der Waals surface area (Å²) in [5, 5.41) is 17.9. The highest BCUT2D eigenvalue weighted by atomic mass is 32.2. The molecule has 0 aliphatic heterocycles. The number of nitrogens with zero attached hydrogens (tertiary/aromatic N) is 1. The molecular weight excluding hydrogens is 290 g/mol. The zero-order valence-corrected chi connectivity index (χ0v) is 13.0. The molecule has 0 spiro atoms. The Morgan fingerprint density at radius 1 is 1.00 bits per heavy atom. The minimum absolute atomic E-state index is 0.222. The molecule has 0 radical (unpaired) electrons. The van der Waals surface area contributed by atoms with Crippen LogP contribution in [0.4, 0.5) is 0 Å². The lowest BCUT2D eigenvalue weighted by Crippen LogP contribution is -2.07. The van der Waals surface area contributed by atoms with Gasteiger partial charge in [-0.15, -0.1) is 11.8 Å². The highest BCUT2D eigenvalue weighted by Crippen LogP contribution is 2.22. The van der Waals surface area contributed by atoms with Crippen LogP contribution in [0, 0.1) is 0 Å². The van der Waals surface area contributed by atoms with Gasteiger partial charge in [0.25, 0.3) is 0 Å². The van der Waals surface area contributed by atoms with Gasteiger partial charge in [0.05, 0.1) is 0 Å². The topological polar surface area (TPSA) is 87.5 Å². The first-order valence-corrected chi connectivity index (χ1v) is 8.14. The molecule has 0 bridgehead atoms. The molecule has 0 unspecified atom stereocenters. The number of aromatic carboxylic acids is 2. The van der Waals surface area contributed by atoms with Crippen LogP contribution in [-0.2, 0) is 0 Å². The van der Waals surface area contributed by atoms with Crippen molar-refractivity contribution in [3.8, 4) is 0 Å². The minimum Gasteiger partial charge on any atom is -0.477 e. The van der Waals surface area contributed by atoms with Crippen LogP contribution in [0.2, 0.25) is 0 Å². The smallest absolute Gasteiger partial charge is 0.354 e. The molecule has 0 aliphatic rings. The molecular formula is C15H21NO4S. The van der Waals surface area contributed by atoms with Crippen LogP contribution in [0.5, 0.6) is 0 Å². The average Bonchev–Trinajstić information content (AvgIpc) is 2.46. The van der Waals surface area contributed by atoms with Crippen LogP contribution in [0.25, 0.3) is 0 Å². The van der Waals surface area contributed by atoms with E-state index >= 15 is 0 Å². The van der Waals surface area contributed by atoms with Crippen LogP contribution < -0.4 is 0 Å². The van der Waals surface area contributed by atoms with E-state index in [2.05, 4.69) is 11.9 Å². The Morgan fingerprint density at radius 3 is 2.05 bits per heavy atom. The van der Waals surface area contributed by atoms with Crippen molar-refractivity contribution < 1.29 is 19.8 Å². The van der Waals surface area contributed by atoms with Crippen molar-refractivity contribution in [3.05, 3.63) is 23.5 Å². The van der Waals surface area contributed by atoms with Gasteiger partial charge in [-0.05, 0) is 24.3 Å². The van der Waals surface area contributed by atoms with E-state index in [1.165, 1.54) is 49.6 Å². The number of pyridine rings is 1. The molecule has 0 aliphatic carbocycles. The first-order chi connectivity index (χ1) is 10.0. The zero-order chi connectivity index (χ0) is 15.7. The maximum absolute atomic E-state index is 10.9. The summed E-state index contributed by atoms with van der Waals surface area (Å²) in [6, 6.07) is 2.85. The van der Waals surface area contributed by atoms with E-state index in [-0.39, 0.29) is 11.4 Å². The van der Waals surface area contributed by atoms with Crippen molar-refractivity contribution in [3.63, 3.8) is 0 Å². The first kappa shape index (κ1) is 17.5. The predicted molar refractivity (Wildman–Crippen MR) is 82.3 cm³/mol. The van der Waals surface area contributed by atoms with Gasteiger partial charge in [0.1, 0.15) is 11.4 Å². The van der Waals surface area contributed by atoms with Crippen molar-refractivity contribution in [2.24, 2.45) is 0 Å². The second-order valence-electron chi connectivity index (χ2n) is 4.80. The van der Waals surface area contributed by atoms with Crippen LogP contribution in [0.3, 0.4) is 0 Å². The Kier molecular flexibility index (Phi) is 7.82. The molecule has 1 aromatic rings. The largest absolute Gasteiger partial charge is 0.477 e. The number of rotatable bonds is 10. The van der Waals surface area contributed by atoms with Gasteiger partial charge in [0, 0.05) is 4.90 Å². The molecule has 6 heteroatoms. The van der Waals surface area contributed by atoms with Crippen molar-refractivity contribution in [1.82, 2.24) is 4.98 Å². The van der Waals surface area contributed by atoms with E-state index in [0.717, 1.165) is 18.6 Å². The average molecular weight is 311 g/mol. The van der Waals surface area contributed by atoms with Crippen LogP contribution >= 0.6 is 11.8 Å². The molecule has 0 saturated carbocycles. The van der Waals surface area contributed by atoms with Gasteiger partial charge < -0.3 is 10.2 Å². The molecule has 21 heavy (non-hydrogen) atoms. The molecule has 5 nitrogen and oxygen atoms in total. The Bertz CT molecular complexity index is 458. The summed E-state index contributed by atoms with van der Waals surface area (Å²) in [7, 11) is 0. The van der Waals surface area contributed by atoms with E-state index < -0.39 is 11.9 Å². The summed E-state index contributed by atoms with van der Waals surface area (Å²) in [6.07, 6.45) is 7.15. The van der Waals surface area contributed by atoms with Gasteiger partial charge in [-0.25, -0.2) is 14.6 Å². The summed E-state index contributed by atoms with van der Waals surface area (Å²) in [5.74, 6) is -1.56. The maximum Gasteiger partial charge on any atom is 0.354 e. The Labute approximate surface area is 128 Å². The van der Waals surface area contributed by atoms with Gasteiger partial charge in [0.2, 0.25) is 0 Å². The van der Waals surface area contributed by atoms with Crippen LogP contribution in [0.1, 0.15) is 66.4 Å². The number of hydrogen-bond acceptors (Lipinski definition) is 4. The fourth-order valence-electron chi connectivity index (χ4n) is 1.88. The molecule has 0 saturated heterocycles. The molecule has 1 rings (SSSR count). The third-order valence-corrected chi connectivity index (χ3v) is 4.07. The lowest BCUT2D eigenvalue weighted by Gasteiger charge is -2.05. The summed E-state index contributed by atoms with van der Waals surface area (Å²) < 4.78 is 0. The van der Waals surface area contributed by atoms with E-state index in [0.29, 0.717) is 4.90 Å². The van der Waals surface area contributed by atoms with Gasteiger partial charge in [-0.1, -0.05) is 39.0 Å². The summed E-state index contributed by atoms with van der Waals surface area (Å²) in [6.45, 7) is 2.18. The Balaban J connectivity index is 2.50. The molecule has 0 fully saturated rings. The number of carbonyl (C=O) groups is 2. The highest BCUT2D eigenvalue weighted by molar-refractivity contribution is 7.99. The maximum atomic E-state index is 10.9. The van der Waals surface area contributed by atoms with E-state index in [9.17, 15) is 9.59 Å².